The third-order valence-corrected chi connectivity index (χ3v) is 3.66. The number of aliphatic carboxylic acids is 1. The quantitative estimate of drug-likeness (QED) is 0.560. The van der Waals surface area contributed by atoms with Gasteiger partial charge in [-0.05, 0) is 25.2 Å². The van der Waals surface area contributed by atoms with E-state index < -0.39 is 24.0 Å². The maximum Gasteiger partial charge on any atom is 0.326 e. The van der Waals surface area contributed by atoms with Crippen LogP contribution in [0.4, 0.5) is 0 Å². The number of amides is 2. The van der Waals surface area contributed by atoms with E-state index >= 15 is 0 Å². The molecule has 3 unspecified atom stereocenters. The molecule has 2 fully saturated rings. The number of likely N-dealkylation sites (tertiary alicyclic amines) is 1. The number of carboxylic acid groups (broad SMARTS) is 1. The molecule has 0 radical (unpaired) electrons. The molecule has 7 heteroatoms. The number of fused-ring (bicyclic) bond motifs is 1. The van der Waals surface area contributed by atoms with Crippen LogP contribution < -0.4 is 11.5 Å². The van der Waals surface area contributed by atoms with E-state index in [2.05, 4.69) is 0 Å². The lowest BCUT2D eigenvalue weighted by Gasteiger charge is -2.27. The van der Waals surface area contributed by atoms with Crippen LogP contribution in [0, 0.1) is 5.92 Å². The Labute approximate surface area is 104 Å². The van der Waals surface area contributed by atoms with Crippen LogP contribution in [0.15, 0.2) is 0 Å². The lowest BCUT2D eigenvalue weighted by atomic mass is 10.1. The van der Waals surface area contributed by atoms with E-state index in [1.54, 1.807) is 0 Å². The van der Waals surface area contributed by atoms with Gasteiger partial charge in [-0.2, -0.15) is 0 Å². The highest BCUT2D eigenvalue weighted by Crippen LogP contribution is 2.48. The zero-order valence-electron chi connectivity index (χ0n) is 9.91. The van der Waals surface area contributed by atoms with Crippen LogP contribution in [0.2, 0.25) is 0 Å². The fraction of sp³-hybridized carbons (Fsp3) is 0.727. The van der Waals surface area contributed by atoms with Gasteiger partial charge in [-0.25, -0.2) is 4.79 Å². The van der Waals surface area contributed by atoms with Crippen molar-refractivity contribution < 1.29 is 19.5 Å². The van der Waals surface area contributed by atoms with Gasteiger partial charge in [0, 0.05) is 12.5 Å². The molecule has 1 saturated heterocycles. The second-order valence-corrected chi connectivity index (χ2v) is 5.01. The van der Waals surface area contributed by atoms with Crippen molar-refractivity contribution in [2.45, 2.75) is 43.8 Å². The second-order valence-electron chi connectivity index (χ2n) is 5.01. The molecule has 2 amide bonds. The number of nitrogens with zero attached hydrogens (tertiary/aromatic N) is 1. The molecule has 0 aromatic rings. The molecule has 1 heterocycles. The minimum absolute atomic E-state index is 0.0261. The number of carbonyl (C=O) groups is 3. The average Bonchev–Trinajstić information content (AvgIpc) is 2.96. The molecule has 4 atom stereocenters. The molecular formula is C11H17N3O4. The summed E-state index contributed by atoms with van der Waals surface area (Å²) in [5.74, 6) is -1.58. The maximum absolute atomic E-state index is 12.1. The van der Waals surface area contributed by atoms with Gasteiger partial charge in [0.2, 0.25) is 11.8 Å². The predicted molar refractivity (Wildman–Crippen MR) is 61.2 cm³/mol. The molecule has 0 spiro atoms. The van der Waals surface area contributed by atoms with Gasteiger partial charge in [0.25, 0.3) is 0 Å². The Kier molecular flexibility index (Phi) is 3.25. The minimum atomic E-state index is -0.988. The fourth-order valence-electron chi connectivity index (χ4n) is 2.61. The average molecular weight is 255 g/mol. The van der Waals surface area contributed by atoms with E-state index in [1.165, 1.54) is 4.90 Å². The highest BCUT2D eigenvalue weighted by atomic mass is 16.4. The first kappa shape index (κ1) is 12.8. The third-order valence-electron chi connectivity index (χ3n) is 3.66. The zero-order valence-corrected chi connectivity index (χ0v) is 9.91. The molecule has 2 rings (SSSR count). The van der Waals surface area contributed by atoms with Crippen LogP contribution in [-0.2, 0) is 14.4 Å². The van der Waals surface area contributed by atoms with Gasteiger partial charge in [0.1, 0.15) is 6.04 Å². The predicted octanol–water partition coefficient (Wildman–Crippen LogP) is -1.35. The van der Waals surface area contributed by atoms with Crippen molar-refractivity contribution in [2.75, 3.05) is 0 Å². The Morgan fingerprint density at radius 3 is 2.56 bits per heavy atom. The monoisotopic (exact) mass is 255 g/mol. The Balaban J connectivity index is 1.98. The number of nitrogens with two attached hydrogens (primary N) is 2. The molecule has 0 aromatic heterocycles. The molecule has 1 aliphatic carbocycles. The summed E-state index contributed by atoms with van der Waals surface area (Å²) in [4.78, 5) is 35.2. The van der Waals surface area contributed by atoms with Gasteiger partial charge in [0.05, 0.1) is 6.04 Å². The molecule has 18 heavy (non-hydrogen) atoms. The van der Waals surface area contributed by atoms with Crippen molar-refractivity contribution in [2.24, 2.45) is 17.4 Å². The van der Waals surface area contributed by atoms with E-state index in [1.807, 2.05) is 0 Å². The summed E-state index contributed by atoms with van der Waals surface area (Å²) in [6.45, 7) is 0. The fourth-order valence-corrected chi connectivity index (χ4v) is 2.61. The Morgan fingerprint density at radius 2 is 2.00 bits per heavy atom. The topological polar surface area (TPSA) is 127 Å². The summed E-state index contributed by atoms with van der Waals surface area (Å²) in [6.07, 6.45) is 1.56. The van der Waals surface area contributed by atoms with Gasteiger partial charge < -0.3 is 21.5 Å². The summed E-state index contributed by atoms with van der Waals surface area (Å²) < 4.78 is 0. The second kappa shape index (κ2) is 4.56. The SMILES string of the molecule is NC(=O)CC[C@H](N)C(=O)N1C(C(=O)O)CC2CC21. The van der Waals surface area contributed by atoms with E-state index in [4.69, 9.17) is 16.6 Å². The molecule has 0 bridgehead atoms. The number of primary amides is 1. The number of carboxylic acids is 1. The van der Waals surface area contributed by atoms with Crippen molar-refractivity contribution in [1.82, 2.24) is 4.90 Å². The van der Waals surface area contributed by atoms with Crippen molar-refractivity contribution in [1.29, 1.82) is 0 Å². The van der Waals surface area contributed by atoms with Crippen LogP contribution in [0.3, 0.4) is 0 Å². The molecule has 0 aromatic carbocycles. The van der Waals surface area contributed by atoms with Gasteiger partial charge in [-0.1, -0.05) is 0 Å². The molecule has 1 saturated carbocycles. The van der Waals surface area contributed by atoms with Gasteiger partial charge in [-0.3, -0.25) is 9.59 Å². The number of piperidine rings is 1. The van der Waals surface area contributed by atoms with E-state index in [-0.39, 0.29) is 24.8 Å². The number of carbonyl (C=O) groups excluding carboxylic acids is 2. The van der Waals surface area contributed by atoms with Crippen molar-refractivity contribution >= 4 is 17.8 Å². The summed E-state index contributed by atoms with van der Waals surface area (Å²) in [6, 6.07) is -1.59. The van der Waals surface area contributed by atoms with E-state index in [0.29, 0.717) is 12.3 Å². The molecule has 1 aliphatic heterocycles. The molecule has 100 valence electrons. The lowest BCUT2D eigenvalue weighted by Crippen LogP contribution is -2.50. The zero-order chi connectivity index (χ0) is 13.4. The normalized spacial score (nSPS) is 30.7. The largest absolute Gasteiger partial charge is 0.480 e. The molecule has 2 aliphatic rings. The Morgan fingerprint density at radius 1 is 1.33 bits per heavy atom. The summed E-state index contributed by atoms with van der Waals surface area (Å²) >= 11 is 0. The first-order valence-corrected chi connectivity index (χ1v) is 6.00. The van der Waals surface area contributed by atoms with Crippen molar-refractivity contribution in [3.05, 3.63) is 0 Å². The van der Waals surface area contributed by atoms with Crippen molar-refractivity contribution in [3.63, 3.8) is 0 Å². The van der Waals surface area contributed by atoms with Gasteiger partial charge >= 0.3 is 5.97 Å². The maximum atomic E-state index is 12.1. The Hall–Kier alpha value is -1.63. The van der Waals surface area contributed by atoms with Gasteiger partial charge in [-0.15, -0.1) is 0 Å². The van der Waals surface area contributed by atoms with Crippen LogP contribution >= 0.6 is 0 Å². The summed E-state index contributed by atoms with van der Waals surface area (Å²) in [5, 5.41) is 9.06. The van der Waals surface area contributed by atoms with E-state index in [9.17, 15) is 14.4 Å². The highest BCUT2D eigenvalue weighted by molar-refractivity contribution is 5.89. The van der Waals surface area contributed by atoms with Crippen LogP contribution in [0.1, 0.15) is 25.7 Å². The molecule has 5 N–H and O–H groups in total. The first-order valence-electron chi connectivity index (χ1n) is 6.00. The number of hydrogen-bond donors (Lipinski definition) is 3. The van der Waals surface area contributed by atoms with Gasteiger partial charge in [0.15, 0.2) is 0 Å². The van der Waals surface area contributed by atoms with Crippen LogP contribution in [-0.4, -0.2) is 45.9 Å². The molecular weight excluding hydrogens is 238 g/mol. The number of rotatable bonds is 5. The first-order chi connectivity index (χ1) is 8.41. The summed E-state index contributed by atoms with van der Waals surface area (Å²) in [5.41, 5.74) is 10.7. The third kappa shape index (κ3) is 2.31. The van der Waals surface area contributed by atoms with Crippen LogP contribution in [0.25, 0.3) is 0 Å². The van der Waals surface area contributed by atoms with E-state index in [0.717, 1.165) is 6.42 Å². The number of hydrogen-bond acceptors (Lipinski definition) is 4. The summed E-state index contributed by atoms with van der Waals surface area (Å²) in [7, 11) is 0. The standard InChI is InChI=1S/C11H17N3O4/c12-6(1-2-9(13)15)10(16)14-7-3-5(7)4-8(14)11(17)18/h5-8H,1-4,12H2,(H2,13,15)(H,17,18)/t5?,6-,7?,8?/m0/s1. The minimum Gasteiger partial charge on any atom is -0.480 e. The lowest BCUT2D eigenvalue weighted by molar-refractivity contribution is -0.150. The van der Waals surface area contributed by atoms with Crippen LogP contribution in [0.5, 0.6) is 0 Å². The molecule has 7 nitrogen and oxygen atoms in total. The van der Waals surface area contributed by atoms with Crippen molar-refractivity contribution in [3.8, 4) is 0 Å². The smallest absolute Gasteiger partial charge is 0.326 e. The highest BCUT2D eigenvalue weighted by Gasteiger charge is 2.56. The Bertz CT molecular complexity index is 398.